The van der Waals surface area contributed by atoms with Gasteiger partial charge in [0.15, 0.2) is 5.78 Å². The second-order valence-electron chi connectivity index (χ2n) is 8.17. The lowest BCUT2D eigenvalue weighted by atomic mass is 10.0. The molecule has 0 unspecified atom stereocenters. The summed E-state index contributed by atoms with van der Waals surface area (Å²) in [6.45, 7) is 9.04. The van der Waals surface area contributed by atoms with Gasteiger partial charge in [-0.3, -0.25) is 4.79 Å². The van der Waals surface area contributed by atoms with Crippen LogP contribution in [0.3, 0.4) is 0 Å². The van der Waals surface area contributed by atoms with Crippen LogP contribution in [0, 0.1) is 0 Å². The molecule has 0 aliphatic carbocycles. The number of pyridine rings is 1. The molecule has 0 saturated heterocycles. The molecule has 0 bridgehead atoms. The highest BCUT2D eigenvalue weighted by Gasteiger charge is 2.17. The van der Waals surface area contributed by atoms with Gasteiger partial charge in [-0.25, -0.2) is 4.98 Å². The molecule has 4 nitrogen and oxygen atoms in total. The molecule has 1 heterocycles. The molecule has 28 heavy (non-hydrogen) atoms. The van der Waals surface area contributed by atoms with Crippen molar-refractivity contribution in [2.45, 2.75) is 71.8 Å². The van der Waals surface area contributed by atoms with E-state index in [4.69, 9.17) is 4.74 Å². The van der Waals surface area contributed by atoms with Crippen molar-refractivity contribution in [3.8, 4) is 5.75 Å². The number of unbranched alkanes of at least 4 members (excludes halogenated alkanes) is 5. The number of benzene rings is 1. The lowest BCUT2D eigenvalue weighted by molar-refractivity contribution is 0.103. The number of carbonyl (C=O) groups is 1. The summed E-state index contributed by atoms with van der Waals surface area (Å²) in [5.41, 5.74) is 0.901. The highest BCUT2D eigenvalue weighted by atomic mass is 16.5. The van der Waals surface area contributed by atoms with Crippen LogP contribution in [0.1, 0.15) is 82.1 Å². The first-order valence-electron chi connectivity index (χ1n) is 10.4. The Morgan fingerprint density at radius 1 is 1.04 bits per heavy atom. The van der Waals surface area contributed by atoms with Crippen molar-refractivity contribution in [2.75, 3.05) is 11.9 Å². The van der Waals surface area contributed by atoms with E-state index in [1.54, 1.807) is 18.3 Å². The van der Waals surface area contributed by atoms with Crippen LogP contribution in [0.4, 0.5) is 5.82 Å². The van der Waals surface area contributed by atoms with Crippen molar-refractivity contribution in [3.63, 3.8) is 0 Å². The average molecular weight is 383 g/mol. The molecule has 0 spiro atoms. The first-order valence-corrected chi connectivity index (χ1v) is 10.4. The molecule has 0 aliphatic heterocycles. The molecule has 4 heteroatoms. The lowest BCUT2D eigenvalue weighted by Gasteiger charge is -2.21. The van der Waals surface area contributed by atoms with Gasteiger partial charge < -0.3 is 10.1 Å². The van der Waals surface area contributed by atoms with E-state index in [1.165, 1.54) is 32.1 Å². The molecule has 0 saturated carbocycles. The maximum absolute atomic E-state index is 13.1. The lowest BCUT2D eigenvalue weighted by Crippen LogP contribution is -2.23. The summed E-state index contributed by atoms with van der Waals surface area (Å²) < 4.78 is 5.89. The van der Waals surface area contributed by atoms with Crippen molar-refractivity contribution < 1.29 is 9.53 Å². The van der Waals surface area contributed by atoms with E-state index >= 15 is 0 Å². The Bertz CT molecular complexity index is 750. The monoisotopic (exact) mass is 382 g/mol. The topological polar surface area (TPSA) is 51.2 Å². The predicted octanol–water partition coefficient (Wildman–Crippen LogP) is 6.26. The normalized spacial score (nSPS) is 11.3. The van der Waals surface area contributed by atoms with Crippen LogP contribution in [0.5, 0.6) is 5.75 Å². The van der Waals surface area contributed by atoms with Crippen LogP contribution in [-0.4, -0.2) is 22.9 Å². The standard InChI is InChI=1S/C24H34N2O2/c1-5-6-7-8-9-10-16-25-23-21(15-12-17-26-23)22(27)19-13-11-14-20(18-19)28-24(2,3)4/h11-15,17-18H,5-10,16H2,1-4H3,(H,25,26). The fourth-order valence-corrected chi connectivity index (χ4v) is 3.05. The fourth-order valence-electron chi connectivity index (χ4n) is 3.05. The third-order valence-corrected chi connectivity index (χ3v) is 4.40. The maximum atomic E-state index is 13.1. The minimum atomic E-state index is -0.306. The SMILES string of the molecule is CCCCCCCCNc1ncccc1C(=O)c1cccc(OC(C)(C)C)c1. The number of ether oxygens (including phenoxy) is 1. The Hall–Kier alpha value is -2.36. The first-order chi connectivity index (χ1) is 13.4. The van der Waals surface area contributed by atoms with Crippen LogP contribution in [0.2, 0.25) is 0 Å². The number of nitrogens with one attached hydrogen (secondary N) is 1. The molecule has 0 amide bonds. The number of aromatic nitrogens is 1. The molecule has 0 fully saturated rings. The summed E-state index contributed by atoms with van der Waals surface area (Å²) in [6.07, 6.45) is 9.16. The molecule has 0 aliphatic rings. The zero-order chi connectivity index (χ0) is 20.4. The van der Waals surface area contributed by atoms with Gasteiger partial charge in [0.05, 0.1) is 5.56 Å². The van der Waals surface area contributed by atoms with Crippen molar-refractivity contribution in [1.29, 1.82) is 0 Å². The number of anilines is 1. The minimum absolute atomic E-state index is 0.0436. The highest BCUT2D eigenvalue weighted by Crippen LogP contribution is 2.23. The van der Waals surface area contributed by atoms with Gasteiger partial charge in [-0.1, -0.05) is 51.2 Å². The van der Waals surface area contributed by atoms with Crippen LogP contribution in [0.15, 0.2) is 42.6 Å². The number of hydrogen-bond donors (Lipinski definition) is 1. The summed E-state index contributed by atoms with van der Waals surface area (Å²) in [7, 11) is 0. The maximum Gasteiger partial charge on any atom is 0.196 e. The van der Waals surface area contributed by atoms with E-state index in [-0.39, 0.29) is 11.4 Å². The third-order valence-electron chi connectivity index (χ3n) is 4.40. The molecule has 0 radical (unpaired) electrons. The summed E-state index contributed by atoms with van der Waals surface area (Å²) in [6, 6.07) is 11.0. The molecule has 152 valence electrons. The summed E-state index contributed by atoms with van der Waals surface area (Å²) >= 11 is 0. The Labute approximate surface area is 169 Å². The van der Waals surface area contributed by atoms with E-state index in [1.807, 2.05) is 45.0 Å². The Kier molecular flexibility index (Phi) is 8.49. The minimum Gasteiger partial charge on any atom is -0.488 e. The number of carbonyl (C=O) groups excluding carboxylic acids is 1. The van der Waals surface area contributed by atoms with E-state index in [0.29, 0.717) is 22.7 Å². The molecular formula is C24H34N2O2. The predicted molar refractivity (Wildman–Crippen MR) is 116 cm³/mol. The summed E-state index contributed by atoms with van der Waals surface area (Å²) in [5, 5.41) is 3.34. The van der Waals surface area contributed by atoms with Crippen molar-refractivity contribution >= 4 is 11.6 Å². The molecular weight excluding hydrogens is 348 g/mol. The van der Waals surface area contributed by atoms with Gasteiger partial charge in [0, 0.05) is 18.3 Å². The van der Waals surface area contributed by atoms with E-state index in [2.05, 4.69) is 17.2 Å². The van der Waals surface area contributed by atoms with Gasteiger partial charge in [0.1, 0.15) is 17.2 Å². The second-order valence-corrected chi connectivity index (χ2v) is 8.17. The van der Waals surface area contributed by atoms with E-state index in [9.17, 15) is 4.79 Å². The number of ketones is 1. The van der Waals surface area contributed by atoms with Crippen LogP contribution in [0.25, 0.3) is 0 Å². The molecule has 1 aromatic carbocycles. The number of rotatable bonds is 11. The summed E-state index contributed by atoms with van der Waals surface area (Å²) in [4.78, 5) is 17.4. The van der Waals surface area contributed by atoms with E-state index < -0.39 is 0 Å². The quantitative estimate of drug-likeness (QED) is 0.368. The molecule has 1 aromatic heterocycles. The van der Waals surface area contributed by atoms with E-state index in [0.717, 1.165) is 13.0 Å². The van der Waals surface area contributed by atoms with Gasteiger partial charge in [-0.15, -0.1) is 0 Å². The summed E-state index contributed by atoms with van der Waals surface area (Å²) in [5.74, 6) is 1.31. The highest BCUT2D eigenvalue weighted by molar-refractivity contribution is 6.12. The van der Waals surface area contributed by atoms with Crippen LogP contribution < -0.4 is 10.1 Å². The van der Waals surface area contributed by atoms with Gasteiger partial charge in [-0.2, -0.15) is 0 Å². The Morgan fingerprint density at radius 3 is 2.54 bits per heavy atom. The van der Waals surface area contributed by atoms with Crippen LogP contribution >= 0.6 is 0 Å². The van der Waals surface area contributed by atoms with Gasteiger partial charge in [-0.05, 0) is 51.5 Å². The fraction of sp³-hybridized carbons (Fsp3) is 0.500. The van der Waals surface area contributed by atoms with Crippen molar-refractivity contribution in [2.24, 2.45) is 0 Å². The largest absolute Gasteiger partial charge is 0.488 e. The zero-order valence-corrected chi connectivity index (χ0v) is 17.8. The molecule has 2 rings (SSSR count). The zero-order valence-electron chi connectivity index (χ0n) is 17.8. The number of hydrogen-bond acceptors (Lipinski definition) is 4. The number of nitrogens with zero attached hydrogens (tertiary/aromatic N) is 1. The molecule has 1 N–H and O–H groups in total. The third kappa shape index (κ3) is 7.34. The van der Waals surface area contributed by atoms with Gasteiger partial charge >= 0.3 is 0 Å². The smallest absolute Gasteiger partial charge is 0.196 e. The molecule has 2 aromatic rings. The van der Waals surface area contributed by atoms with Crippen molar-refractivity contribution in [1.82, 2.24) is 4.98 Å². The second kappa shape index (κ2) is 10.8. The van der Waals surface area contributed by atoms with Gasteiger partial charge in [0.2, 0.25) is 0 Å². The van der Waals surface area contributed by atoms with Crippen LogP contribution in [-0.2, 0) is 0 Å². The first kappa shape index (κ1) is 21.9. The Morgan fingerprint density at radius 2 is 1.79 bits per heavy atom. The van der Waals surface area contributed by atoms with Crippen molar-refractivity contribution in [3.05, 3.63) is 53.7 Å². The molecule has 0 atom stereocenters. The Balaban J connectivity index is 2.01. The average Bonchev–Trinajstić information content (AvgIpc) is 2.66. The van der Waals surface area contributed by atoms with Gasteiger partial charge in [0.25, 0.3) is 0 Å².